The van der Waals surface area contributed by atoms with Gasteiger partial charge in [-0.15, -0.1) is 0 Å². The summed E-state index contributed by atoms with van der Waals surface area (Å²) in [6, 6.07) is -0.541. The van der Waals surface area contributed by atoms with Crippen LogP contribution in [0.3, 0.4) is 0 Å². The van der Waals surface area contributed by atoms with E-state index in [0.717, 1.165) is 0 Å². The van der Waals surface area contributed by atoms with Crippen molar-refractivity contribution in [2.45, 2.75) is 38.5 Å². The van der Waals surface area contributed by atoms with Gasteiger partial charge in [0.1, 0.15) is 5.60 Å². The lowest BCUT2D eigenvalue weighted by atomic mass is 9.92. The van der Waals surface area contributed by atoms with Gasteiger partial charge in [0.05, 0.1) is 12.0 Å². The maximum Gasteiger partial charge on any atom is 0.312 e. The summed E-state index contributed by atoms with van der Waals surface area (Å²) in [5.41, 5.74) is 5.24. The highest BCUT2D eigenvalue weighted by molar-refractivity contribution is 5.74. The number of esters is 1. The molecule has 1 aliphatic rings. The molecule has 0 bridgehead atoms. The van der Waals surface area contributed by atoms with E-state index in [9.17, 15) is 9.90 Å². The first-order chi connectivity index (χ1) is 6.81. The van der Waals surface area contributed by atoms with Crippen molar-refractivity contribution in [3.63, 3.8) is 0 Å². The molecule has 1 fully saturated rings. The quantitative estimate of drug-likeness (QED) is 0.501. The molecule has 0 amide bonds. The van der Waals surface area contributed by atoms with Gasteiger partial charge < -0.3 is 20.9 Å². The lowest BCUT2D eigenvalue weighted by molar-refractivity contribution is -0.162. The van der Waals surface area contributed by atoms with Gasteiger partial charge in [-0.05, 0) is 20.8 Å². The van der Waals surface area contributed by atoms with Crippen molar-refractivity contribution in [3.8, 4) is 0 Å². The van der Waals surface area contributed by atoms with Crippen molar-refractivity contribution >= 4 is 5.97 Å². The molecule has 5 nitrogen and oxygen atoms in total. The smallest absolute Gasteiger partial charge is 0.312 e. The molecule has 1 heterocycles. The maximum atomic E-state index is 11.7. The molecule has 0 aromatic heterocycles. The van der Waals surface area contributed by atoms with Crippen molar-refractivity contribution in [3.05, 3.63) is 0 Å². The molecule has 1 aliphatic heterocycles. The number of ether oxygens (including phenoxy) is 1. The first kappa shape index (κ1) is 12.4. The molecule has 3 atom stereocenters. The van der Waals surface area contributed by atoms with Crippen molar-refractivity contribution < 1.29 is 14.6 Å². The van der Waals surface area contributed by atoms with E-state index < -0.39 is 23.7 Å². The summed E-state index contributed by atoms with van der Waals surface area (Å²) >= 11 is 0. The van der Waals surface area contributed by atoms with Crippen molar-refractivity contribution in [2.75, 3.05) is 13.1 Å². The Morgan fingerprint density at radius 3 is 2.60 bits per heavy atom. The van der Waals surface area contributed by atoms with Crippen molar-refractivity contribution in [2.24, 2.45) is 11.7 Å². The van der Waals surface area contributed by atoms with Crippen LogP contribution in [0.25, 0.3) is 0 Å². The first-order valence-electron chi connectivity index (χ1n) is 5.18. The average molecular weight is 216 g/mol. The summed E-state index contributed by atoms with van der Waals surface area (Å²) in [6.07, 6.45) is -0.684. The lowest BCUT2D eigenvalue weighted by Gasteiger charge is -2.33. The van der Waals surface area contributed by atoms with E-state index in [2.05, 4.69) is 5.32 Å². The van der Waals surface area contributed by atoms with E-state index in [0.29, 0.717) is 13.1 Å². The fraction of sp³-hybridized carbons (Fsp3) is 0.900. The molecule has 1 rings (SSSR count). The zero-order chi connectivity index (χ0) is 11.6. The second-order valence-corrected chi connectivity index (χ2v) is 4.94. The number of hydrogen-bond donors (Lipinski definition) is 3. The number of hydrogen-bond acceptors (Lipinski definition) is 5. The van der Waals surface area contributed by atoms with Crippen LogP contribution >= 0.6 is 0 Å². The Kier molecular flexibility index (Phi) is 3.70. The van der Waals surface area contributed by atoms with Crippen LogP contribution in [0.5, 0.6) is 0 Å². The molecule has 0 aromatic rings. The number of aliphatic hydroxyl groups excluding tert-OH is 1. The number of β-amino-alcohol motifs (C(OH)–C–C–N with tert-alkyl or cyclic N) is 1. The van der Waals surface area contributed by atoms with E-state index in [1.807, 2.05) is 20.8 Å². The lowest BCUT2D eigenvalue weighted by Crippen LogP contribution is -2.58. The number of carbonyl (C=O) groups is 1. The average Bonchev–Trinajstić information content (AvgIpc) is 2.06. The Bertz CT molecular complexity index is 237. The number of nitrogens with two attached hydrogens (primary N) is 1. The van der Waals surface area contributed by atoms with E-state index in [1.54, 1.807) is 0 Å². The third-order valence-electron chi connectivity index (χ3n) is 2.34. The van der Waals surface area contributed by atoms with Gasteiger partial charge in [0.2, 0.25) is 0 Å². The topological polar surface area (TPSA) is 84.6 Å². The summed E-state index contributed by atoms with van der Waals surface area (Å²) in [5.74, 6) is -0.811. The molecule has 3 unspecified atom stereocenters. The molecule has 88 valence electrons. The van der Waals surface area contributed by atoms with Crippen LogP contribution in [0.2, 0.25) is 0 Å². The van der Waals surface area contributed by atoms with Crippen LogP contribution in [0.15, 0.2) is 0 Å². The van der Waals surface area contributed by atoms with E-state index in [-0.39, 0.29) is 5.97 Å². The largest absolute Gasteiger partial charge is 0.460 e. The third-order valence-corrected chi connectivity index (χ3v) is 2.34. The van der Waals surface area contributed by atoms with Gasteiger partial charge in [-0.25, -0.2) is 0 Å². The number of piperidine rings is 1. The summed E-state index contributed by atoms with van der Waals surface area (Å²) in [6.45, 7) is 6.32. The second-order valence-electron chi connectivity index (χ2n) is 4.94. The minimum Gasteiger partial charge on any atom is -0.460 e. The van der Waals surface area contributed by atoms with Gasteiger partial charge >= 0.3 is 5.97 Å². The highest BCUT2D eigenvalue weighted by atomic mass is 16.6. The van der Waals surface area contributed by atoms with Crippen LogP contribution in [-0.4, -0.2) is 41.9 Å². The van der Waals surface area contributed by atoms with Gasteiger partial charge in [0.25, 0.3) is 0 Å². The Balaban J connectivity index is 2.59. The number of nitrogens with one attached hydrogen (secondary N) is 1. The fourth-order valence-electron chi connectivity index (χ4n) is 1.54. The summed E-state index contributed by atoms with van der Waals surface area (Å²) < 4.78 is 5.23. The third kappa shape index (κ3) is 3.44. The summed E-state index contributed by atoms with van der Waals surface area (Å²) in [7, 11) is 0. The molecular weight excluding hydrogens is 196 g/mol. The van der Waals surface area contributed by atoms with Gasteiger partial charge in [-0.2, -0.15) is 0 Å². The van der Waals surface area contributed by atoms with Crippen LogP contribution in [0.1, 0.15) is 20.8 Å². The van der Waals surface area contributed by atoms with Gasteiger partial charge in [0, 0.05) is 19.1 Å². The predicted octanol–water partition coefficient (Wildman–Crippen LogP) is -0.764. The summed E-state index contributed by atoms with van der Waals surface area (Å²) in [4.78, 5) is 11.7. The number of carbonyl (C=O) groups excluding carboxylic acids is 1. The molecule has 5 heteroatoms. The van der Waals surface area contributed by atoms with Gasteiger partial charge in [-0.3, -0.25) is 4.79 Å². The molecular formula is C10H20N2O3. The zero-order valence-corrected chi connectivity index (χ0v) is 9.49. The fourth-order valence-corrected chi connectivity index (χ4v) is 1.54. The Morgan fingerprint density at radius 1 is 1.47 bits per heavy atom. The monoisotopic (exact) mass is 216 g/mol. The van der Waals surface area contributed by atoms with Gasteiger partial charge in [-0.1, -0.05) is 0 Å². The normalized spacial score (nSPS) is 32.5. The highest BCUT2D eigenvalue weighted by Gasteiger charge is 2.36. The molecule has 0 aromatic carbocycles. The standard InChI is InChI=1S/C10H20N2O3/c1-10(2,3)15-9(14)6-4-12-5-7(13)8(6)11/h6-8,12-13H,4-5,11H2,1-3H3. The Hall–Kier alpha value is -0.650. The van der Waals surface area contributed by atoms with Crippen LogP contribution in [-0.2, 0) is 9.53 Å². The van der Waals surface area contributed by atoms with E-state index >= 15 is 0 Å². The SMILES string of the molecule is CC(C)(C)OC(=O)C1CNCC(O)C1N. The van der Waals surface area contributed by atoms with Crippen molar-refractivity contribution in [1.82, 2.24) is 5.32 Å². The minimum absolute atomic E-state index is 0.346. The van der Waals surface area contributed by atoms with Crippen LogP contribution in [0.4, 0.5) is 0 Å². The second kappa shape index (κ2) is 4.47. The first-order valence-corrected chi connectivity index (χ1v) is 5.18. The molecule has 0 aliphatic carbocycles. The molecule has 0 saturated carbocycles. The van der Waals surface area contributed by atoms with E-state index in [4.69, 9.17) is 10.5 Å². The van der Waals surface area contributed by atoms with Gasteiger partial charge in [0.15, 0.2) is 0 Å². The number of rotatable bonds is 1. The molecule has 4 N–H and O–H groups in total. The van der Waals surface area contributed by atoms with Crippen LogP contribution < -0.4 is 11.1 Å². The number of aliphatic hydroxyl groups is 1. The molecule has 1 saturated heterocycles. The molecule has 15 heavy (non-hydrogen) atoms. The minimum atomic E-state index is -0.684. The Morgan fingerprint density at radius 2 is 2.07 bits per heavy atom. The van der Waals surface area contributed by atoms with E-state index in [1.165, 1.54) is 0 Å². The maximum absolute atomic E-state index is 11.7. The zero-order valence-electron chi connectivity index (χ0n) is 9.49. The molecule has 0 radical (unpaired) electrons. The van der Waals surface area contributed by atoms with Crippen molar-refractivity contribution in [1.29, 1.82) is 0 Å². The van der Waals surface area contributed by atoms with Crippen LogP contribution in [0, 0.1) is 5.92 Å². The summed E-state index contributed by atoms with van der Waals surface area (Å²) in [5, 5.41) is 12.5. The predicted molar refractivity (Wildman–Crippen MR) is 56.2 cm³/mol. The Labute approximate surface area is 90.0 Å². The highest BCUT2D eigenvalue weighted by Crippen LogP contribution is 2.16. The molecule has 0 spiro atoms.